The van der Waals surface area contributed by atoms with Gasteiger partial charge >= 0.3 is 0 Å². The number of ketones is 1. The number of nitro groups is 1. The largest absolute Gasteiger partial charge is 0.392 e. The molecule has 6 nitrogen and oxygen atoms in total. The van der Waals surface area contributed by atoms with Gasteiger partial charge in [0.2, 0.25) is 0 Å². The molecule has 0 bridgehead atoms. The van der Waals surface area contributed by atoms with Gasteiger partial charge in [-0.25, -0.2) is 0 Å². The molecule has 1 atom stereocenters. The van der Waals surface area contributed by atoms with E-state index < -0.39 is 11.0 Å². The molecule has 0 spiro atoms. The van der Waals surface area contributed by atoms with Crippen LogP contribution in [0.25, 0.3) is 0 Å². The number of hydrogen-bond acceptors (Lipinski definition) is 5. The smallest absolute Gasteiger partial charge is 0.282 e. The lowest BCUT2D eigenvalue weighted by Gasteiger charge is -2.20. The summed E-state index contributed by atoms with van der Waals surface area (Å²) in [4.78, 5) is 23.3. The number of rotatable bonds is 5. The fraction of sp³-hybridized carbons (Fsp3) is 0.417. The van der Waals surface area contributed by atoms with Crippen molar-refractivity contribution in [1.29, 1.82) is 0 Å². The highest BCUT2D eigenvalue weighted by Gasteiger charge is 2.19. The first kappa shape index (κ1) is 14.1. The number of likely N-dealkylation sites (N-methyl/N-ethyl adjacent to an activating group) is 1. The molecule has 0 amide bonds. The SMILES string of the molecule is CC(=O)c1ccc(N(C)CC(C)O)cc1[N+](=O)[O-]. The number of Topliss-reactive ketones (excluding diaryl/α,β-unsaturated/α-hetero) is 1. The van der Waals surface area contributed by atoms with Crippen LogP contribution in [0.15, 0.2) is 18.2 Å². The summed E-state index contributed by atoms with van der Waals surface area (Å²) >= 11 is 0. The molecule has 1 rings (SSSR count). The fourth-order valence-electron chi connectivity index (χ4n) is 1.71. The second-order valence-electron chi connectivity index (χ2n) is 4.24. The topological polar surface area (TPSA) is 83.7 Å². The van der Waals surface area contributed by atoms with Crippen molar-refractivity contribution in [3.63, 3.8) is 0 Å². The van der Waals surface area contributed by atoms with Gasteiger partial charge in [0.05, 0.1) is 16.6 Å². The Labute approximate surface area is 105 Å². The normalized spacial score (nSPS) is 12.0. The van der Waals surface area contributed by atoms with E-state index in [4.69, 9.17) is 0 Å². The average molecular weight is 252 g/mol. The van der Waals surface area contributed by atoms with Crippen LogP contribution in [-0.4, -0.2) is 35.5 Å². The molecule has 6 heteroatoms. The first-order valence-corrected chi connectivity index (χ1v) is 5.51. The molecular weight excluding hydrogens is 236 g/mol. The maximum Gasteiger partial charge on any atom is 0.282 e. The van der Waals surface area contributed by atoms with E-state index in [0.29, 0.717) is 12.2 Å². The molecule has 0 aromatic heterocycles. The van der Waals surface area contributed by atoms with Crippen LogP contribution >= 0.6 is 0 Å². The van der Waals surface area contributed by atoms with E-state index in [2.05, 4.69) is 0 Å². The average Bonchev–Trinajstić information content (AvgIpc) is 2.26. The highest BCUT2D eigenvalue weighted by atomic mass is 16.6. The molecule has 0 fully saturated rings. The van der Waals surface area contributed by atoms with Gasteiger partial charge < -0.3 is 10.0 Å². The van der Waals surface area contributed by atoms with E-state index in [1.165, 1.54) is 19.1 Å². The van der Waals surface area contributed by atoms with Gasteiger partial charge in [-0.2, -0.15) is 0 Å². The maximum absolute atomic E-state index is 11.3. The number of hydrogen-bond donors (Lipinski definition) is 1. The summed E-state index contributed by atoms with van der Waals surface area (Å²) in [5.41, 5.74) is 0.472. The molecule has 1 aromatic carbocycles. The Morgan fingerprint density at radius 2 is 2.17 bits per heavy atom. The highest BCUT2D eigenvalue weighted by molar-refractivity contribution is 5.98. The van der Waals surface area contributed by atoms with Crippen molar-refractivity contribution in [2.45, 2.75) is 20.0 Å². The van der Waals surface area contributed by atoms with Crippen LogP contribution < -0.4 is 4.90 Å². The second kappa shape index (κ2) is 5.59. The van der Waals surface area contributed by atoms with Crippen molar-refractivity contribution in [3.05, 3.63) is 33.9 Å². The number of anilines is 1. The molecule has 1 aromatic rings. The molecule has 0 aliphatic carbocycles. The summed E-state index contributed by atoms with van der Waals surface area (Å²) in [6.07, 6.45) is -0.540. The molecule has 0 aliphatic heterocycles. The number of nitrogens with zero attached hydrogens (tertiary/aromatic N) is 2. The van der Waals surface area contributed by atoms with Crippen LogP contribution in [0.3, 0.4) is 0 Å². The van der Waals surface area contributed by atoms with Crippen LogP contribution in [0.4, 0.5) is 11.4 Å². The number of carbonyl (C=O) groups is 1. The van der Waals surface area contributed by atoms with Gasteiger partial charge in [-0.15, -0.1) is 0 Å². The Kier molecular flexibility index (Phi) is 4.38. The van der Waals surface area contributed by atoms with Crippen molar-refractivity contribution in [2.24, 2.45) is 0 Å². The van der Waals surface area contributed by atoms with Gasteiger partial charge in [-0.3, -0.25) is 14.9 Å². The summed E-state index contributed by atoms with van der Waals surface area (Å²) in [5, 5.41) is 20.2. The third kappa shape index (κ3) is 3.27. The molecule has 0 radical (unpaired) electrons. The predicted molar refractivity (Wildman–Crippen MR) is 68.1 cm³/mol. The summed E-state index contributed by atoms with van der Waals surface area (Å²) < 4.78 is 0. The molecule has 0 saturated heterocycles. The zero-order valence-electron chi connectivity index (χ0n) is 10.6. The lowest BCUT2D eigenvalue weighted by atomic mass is 10.1. The van der Waals surface area contributed by atoms with Crippen molar-refractivity contribution >= 4 is 17.2 Å². The Balaban J connectivity index is 3.15. The van der Waals surface area contributed by atoms with E-state index in [9.17, 15) is 20.0 Å². The number of aliphatic hydroxyl groups excluding tert-OH is 1. The summed E-state index contributed by atoms with van der Waals surface area (Å²) in [5.74, 6) is -0.341. The lowest BCUT2D eigenvalue weighted by molar-refractivity contribution is -0.385. The Hall–Kier alpha value is -1.95. The van der Waals surface area contributed by atoms with Crippen LogP contribution in [0.5, 0.6) is 0 Å². The quantitative estimate of drug-likeness (QED) is 0.489. The first-order valence-electron chi connectivity index (χ1n) is 5.51. The van der Waals surface area contributed by atoms with Gasteiger partial charge in [0.25, 0.3) is 5.69 Å². The zero-order chi connectivity index (χ0) is 13.9. The van der Waals surface area contributed by atoms with Crippen molar-refractivity contribution in [3.8, 4) is 0 Å². The molecule has 18 heavy (non-hydrogen) atoms. The number of nitro benzene ring substituents is 1. The number of aliphatic hydroxyl groups is 1. The van der Waals surface area contributed by atoms with Gasteiger partial charge in [-0.05, 0) is 26.0 Å². The van der Waals surface area contributed by atoms with Crippen molar-refractivity contribution < 1.29 is 14.8 Å². The van der Waals surface area contributed by atoms with Crippen LogP contribution in [0, 0.1) is 10.1 Å². The van der Waals surface area contributed by atoms with E-state index in [1.807, 2.05) is 0 Å². The minimum absolute atomic E-state index is 0.0918. The van der Waals surface area contributed by atoms with Gasteiger partial charge in [0.1, 0.15) is 0 Å². The fourth-order valence-corrected chi connectivity index (χ4v) is 1.71. The van der Waals surface area contributed by atoms with Gasteiger partial charge in [0.15, 0.2) is 5.78 Å². The molecule has 1 unspecified atom stereocenters. The number of benzene rings is 1. The Morgan fingerprint density at radius 1 is 1.56 bits per heavy atom. The predicted octanol–water partition coefficient (Wildman–Crippen LogP) is 1.61. The van der Waals surface area contributed by atoms with Crippen LogP contribution in [-0.2, 0) is 0 Å². The summed E-state index contributed by atoms with van der Waals surface area (Å²) in [6.45, 7) is 3.28. The Morgan fingerprint density at radius 3 is 2.61 bits per heavy atom. The van der Waals surface area contributed by atoms with E-state index in [0.717, 1.165) is 0 Å². The molecular formula is C12H16N2O4. The number of carbonyl (C=O) groups excluding carboxylic acids is 1. The van der Waals surface area contributed by atoms with E-state index >= 15 is 0 Å². The second-order valence-corrected chi connectivity index (χ2v) is 4.24. The summed E-state index contributed by atoms with van der Waals surface area (Å²) in [7, 11) is 1.72. The summed E-state index contributed by atoms with van der Waals surface area (Å²) in [6, 6.07) is 4.42. The third-order valence-electron chi connectivity index (χ3n) is 2.54. The van der Waals surface area contributed by atoms with Crippen LogP contribution in [0.2, 0.25) is 0 Å². The molecule has 0 saturated carbocycles. The Bertz CT molecular complexity index is 471. The third-order valence-corrected chi connectivity index (χ3v) is 2.54. The highest BCUT2D eigenvalue weighted by Crippen LogP contribution is 2.25. The molecule has 98 valence electrons. The molecule has 0 heterocycles. The monoisotopic (exact) mass is 252 g/mol. The van der Waals surface area contributed by atoms with Gasteiger partial charge in [0, 0.05) is 25.3 Å². The van der Waals surface area contributed by atoms with Crippen molar-refractivity contribution in [2.75, 3.05) is 18.5 Å². The lowest BCUT2D eigenvalue weighted by Crippen LogP contribution is -2.26. The first-order chi connectivity index (χ1) is 8.32. The zero-order valence-corrected chi connectivity index (χ0v) is 10.6. The molecule has 0 aliphatic rings. The minimum atomic E-state index is -0.573. The maximum atomic E-state index is 11.3. The van der Waals surface area contributed by atoms with E-state index in [-0.39, 0.29) is 17.0 Å². The van der Waals surface area contributed by atoms with Crippen molar-refractivity contribution in [1.82, 2.24) is 0 Å². The van der Waals surface area contributed by atoms with E-state index in [1.54, 1.807) is 24.9 Å². The van der Waals surface area contributed by atoms with Crippen LogP contribution in [0.1, 0.15) is 24.2 Å². The molecule has 1 N–H and O–H groups in total. The standard InChI is InChI=1S/C12H16N2O4/c1-8(15)7-13(3)10-4-5-11(9(2)16)12(6-10)14(17)18/h4-6,8,15H,7H2,1-3H3. The minimum Gasteiger partial charge on any atom is -0.392 e. The van der Waals surface area contributed by atoms with Gasteiger partial charge in [-0.1, -0.05) is 0 Å².